The normalized spacial score (nSPS) is 19.5. The van der Waals surface area contributed by atoms with Crippen LogP contribution in [0.2, 0.25) is 0 Å². The number of nitrogens with zero attached hydrogens (tertiary/aromatic N) is 1. The number of nitrogens with one attached hydrogen (secondary N) is 2. The van der Waals surface area contributed by atoms with E-state index in [9.17, 15) is 14.8 Å². The molecule has 7 nitrogen and oxygen atoms in total. The van der Waals surface area contributed by atoms with Crippen LogP contribution in [-0.4, -0.2) is 41.6 Å². The van der Waals surface area contributed by atoms with Crippen molar-refractivity contribution in [3.05, 3.63) is 54.6 Å². The molecule has 0 saturated carbocycles. The summed E-state index contributed by atoms with van der Waals surface area (Å²) in [5, 5.41) is 12.1. The zero-order valence-corrected chi connectivity index (χ0v) is 18.3. The van der Waals surface area contributed by atoms with Crippen LogP contribution in [0.25, 0.3) is 0 Å². The number of rotatable bonds is 6. The first-order valence-corrected chi connectivity index (χ1v) is 10.6. The molecule has 2 aromatic rings. The van der Waals surface area contributed by atoms with Crippen LogP contribution in [0.1, 0.15) is 27.2 Å². The van der Waals surface area contributed by atoms with E-state index in [1.807, 2.05) is 30.3 Å². The number of likely N-dealkylation sites (tertiary alicyclic amines) is 1. The minimum Gasteiger partial charge on any atom is -0.457 e. The zero-order valence-electron chi connectivity index (χ0n) is 18.3. The van der Waals surface area contributed by atoms with E-state index in [2.05, 4.69) is 31.0 Å². The average Bonchev–Trinajstić information content (AvgIpc) is 2.74. The molecule has 0 aliphatic carbocycles. The van der Waals surface area contributed by atoms with Crippen molar-refractivity contribution in [3.63, 3.8) is 0 Å². The Bertz CT molecular complexity index is 878. The molecule has 2 atom stereocenters. The lowest BCUT2D eigenvalue weighted by Crippen LogP contribution is -2.51. The Morgan fingerprint density at radius 3 is 2.26 bits per heavy atom. The van der Waals surface area contributed by atoms with Crippen LogP contribution in [0.15, 0.2) is 54.6 Å². The molecule has 1 saturated heterocycles. The van der Waals surface area contributed by atoms with E-state index in [1.165, 1.54) is 0 Å². The van der Waals surface area contributed by atoms with Crippen molar-refractivity contribution in [2.75, 3.05) is 25.0 Å². The van der Waals surface area contributed by atoms with Gasteiger partial charge in [-0.2, -0.15) is 0 Å². The predicted molar refractivity (Wildman–Crippen MR) is 119 cm³/mol. The van der Waals surface area contributed by atoms with Crippen molar-refractivity contribution >= 4 is 17.5 Å². The molecule has 3 rings (SSSR count). The molecule has 1 aliphatic heterocycles. The van der Waals surface area contributed by atoms with Crippen molar-refractivity contribution in [3.8, 4) is 11.5 Å². The highest BCUT2D eigenvalue weighted by molar-refractivity contribution is 5.96. The fourth-order valence-electron chi connectivity index (χ4n) is 3.96. The largest absolute Gasteiger partial charge is 0.457 e. The summed E-state index contributed by atoms with van der Waals surface area (Å²) in [6.45, 7) is 8.40. The number of piperidine rings is 1. The maximum atomic E-state index is 12.9. The van der Waals surface area contributed by atoms with E-state index in [0.29, 0.717) is 24.4 Å². The van der Waals surface area contributed by atoms with E-state index < -0.39 is 17.7 Å². The summed E-state index contributed by atoms with van der Waals surface area (Å²) in [6, 6.07) is 16.6. The van der Waals surface area contributed by atoms with Crippen LogP contribution in [0.4, 0.5) is 5.69 Å². The van der Waals surface area contributed by atoms with Crippen molar-refractivity contribution < 1.29 is 19.5 Å². The van der Waals surface area contributed by atoms with Gasteiger partial charge >= 0.3 is 0 Å². The summed E-state index contributed by atoms with van der Waals surface area (Å²) in [4.78, 5) is 27.4. The van der Waals surface area contributed by atoms with Gasteiger partial charge in [-0.1, -0.05) is 39.0 Å². The van der Waals surface area contributed by atoms with E-state index >= 15 is 0 Å². The number of anilines is 1. The Hall–Kier alpha value is -2.90. The summed E-state index contributed by atoms with van der Waals surface area (Å²) in [5.41, 5.74) is 2.45. The number of amides is 2. The van der Waals surface area contributed by atoms with Gasteiger partial charge in [0.25, 0.3) is 0 Å². The van der Waals surface area contributed by atoms with Gasteiger partial charge in [0.05, 0.1) is 11.8 Å². The summed E-state index contributed by atoms with van der Waals surface area (Å²) < 4.78 is 5.77. The van der Waals surface area contributed by atoms with Crippen LogP contribution in [0.3, 0.4) is 0 Å². The molecule has 7 heteroatoms. The number of benzene rings is 2. The van der Waals surface area contributed by atoms with Gasteiger partial charge in [-0.15, -0.1) is 0 Å². The van der Waals surface area contributed by atoms with Gasteiger partial charge in [-0.25, -0.2) is 5.48 Å². The Morgan fingerprint density at radius 1 is 1.00 bits per heavy atom. The first-order chi connectivity index (χ1) is 14.7. The quantitative estimate of drug-likeness (QED) is 0.482. The molecule has 31 heavy (non-hydrogen) atoms. The highest BCUT2D eigenvalue weighted by atomic mass is 16.5. The Morgan fingerprint density at radius 2 is 1.65 bits per heavy atom. The molecule has 0 radical (unpaired) electrons. The van der Waals surface area contributed by atoms with Gasteiger partial charge in [0, 0.05) is 18.8 Å². The molecule has 0 unspecified atom stereocenters. The SMILES string of the molecule is CC(C)(C)CN1CC[C@H](C(=O)Nc2ccc(Oc3ccccc3)cc2)[C@@H](C(=O)NO)C1. The standard InChI is InChI=1S/C24H31N3O4/c1-24(2,3)16-27-14-13-20(21(15-27)23(29)26-30)22(28)25-17-9-11-19(12-10-17)31-18-7-5-4-6-8-18/h4-12,20-21,30H,13-16H2,1-3H3,(H,25,28)(H,26,29)/t20-,21-/m0/s1. The molecule has 2 aromatic carbocycles. The highest BCUT2D eigenvalue weighted by Gasteiger charge is 2.39. The maximum Gasteiger partial charge on any atom is 0.248 e. The number of para-hydroxylation sites is 1. The average molecular weight is 426 g/mol. The molecule has 0 bridgehead atoms. The summed E-state index contributed by atoms with van der Waals surface area (Å²) in [7, 11) is 0. The van der Waals surface area contributed by atoms with Gasteiger partial charge in [0.1, 0.15) is 11.5 Å². The number of ether oxygens (including phenoxy) is 1. The topological polar surface area (TPSA) is 90.9 Å². The van der Waals surface area contributed by atoms with Crippen LogP contribution in [-0.2, 0) is 9.59 Å². The molecule has 1 heterocycles. The third kappa shape index (κ3) is 6.54. The van der Waals surface area contributed by atoms with Crippen molar-refractivity contribution in [2.24, 2.45) is 17.3 Å². The van der Waals surface area contributed by atoms with Crippen molar-refractivity contribution in [2.45, 2.75) is 27.2 Å². The number of hydrogen-bond donors (Lipinski definition) is 3. The molecular formula is C24H31N3O4. The van der Waals surface area contributed by atoms with E-state index in [-0.39, 0.29) is 11.3 Å². The van der Waals surface area contributed by atoms with Crippen molar-refractivity contribution in [1.29, 1.82) is 0 Å². The fraction of sp³-hybridized carbons (Fsp3) is 0.417. The molecule has 166 valence electrons. The molecule has 0 aromatic heterocycles. The van der Waals surface area contributed by atoms with Crippen LogP contribution < -0.4 is 15.5 Å². The van der Waals surface area contributed by atoms with Gasteiger partial charge < -0.3 is 15.0 Å². The lowest BCUT2D eigenvalue weighted by molar-refractivity contribution is -0.142. The minimum atomic E-state index is -0.609. The molecule has 3 N–H and O–H groups in total. The smallest absolute Gasteiger partial charge is 0.248 e. The monoisotopic (exact) mass is 425 g/mol. The third-order valence-corrected chi connectivity index (χ3v) is 5.28. The second kappa shape index (κ2) is 9.94. The first-order valence-electron chi connectivity index (χ1n) is 10.6. The predicted octanol–water partition coefficient (Wildman–Crippen LogP) is 3.91. The Labute approximate surface area is 183 Å². The second-order valence-corrected chi connectivity index (χ2v) is 9.20. The number of hydrogen-bond acceptors (Lipinski definition) is 5. The summed E-state index contributed by atoms with van der Waals surface area (Å²) >= 11 is 0. The van der Waals surface area contributed by atoms with Crippen molar-refractivity contribution in [1.82, 2.24) is 10.4 Å². The van der Waals surface area contributed by atoms with Gasteiger partial charge in [0.2, 0.25) is 11.8 Å². The van der Waals surface area contributed by atoms with E-state index in [4.69, 9.17) is 4.74 Å². The molecule has 0 spiro atoms. The lowest BCUT2D eigenvalue weighted by Gasteiger charge is -2.39. The minimum absolute atomic E-state index is 0.0822. The highest BCUT2D eigenvalue weighted by Crippen LogP contribution is 2.29. The maximum absolute atomic E-state index is 12.9. The second-order valence-electron chi connectivity index (χ2n) is 9.20. The van der Waals surface area contributed by atoms with Crippen LogP contribution >= 0.6 is 0 Å². The van der Waals surface area contributed by atoms with E-state index in [1.54, 1.807) is 29.7 Å². The van der Waals surface area contributed by atoms with Crippen LogP contribution in [0, 0.1) is 17.3 Å². The van der Waals surface area contributed by atoms with Crippen LogP contribution in [0.5, 0.6) is 11.5 Å². The lowest BCUT2D eigenvalue weighted by atomic mass is 9.83. The van der Waals surface area contributed by atoms with Gasteiger partial charge in [-0.3, -0.25) is 14.8 Å². The fourth-order valence-corrected chi connectivity index (χ4v) is 3.96. The Kier molecular flexibility index (Phi) is 7.30. The number of carbonyl (C=O) groups is 2. The molecule has 1 aliphatic rings. The third-order valence-electron chi connectivity index (χ3n) is 5.28. The first kappa shape index (κ1) is 22.8. The van der Waals surface area contributed by atoms with E-state index in [0.717, 1.165) is 18.8 Å². The number of hydroxylamine groups is 1. The molecular weight excluding hydrogens is 394 g/mol. The van der Waals surface area contributed by atoms with Gasteiger partial charge in [-0.05, 0) is 54.8 Å². The number of carbonyl (C=O) groups excluding carboxylic acids is 2. The summed E-state index contributed by atoms with van der Waals surface area (Å²) in [6.07, 6.45) is 0.551. The molecule has 2 amide bonds. The van der Waals surface area contributed by atoms with Gasteiger partial charge in [0.15, 0.2) is 0 Å². The Balaban J connectivity index is 1.63. The summed E-state index contributed by atoms with van der Waals surface area (Å²) in [5.74, 6) is -0.465. The molecule has 1 fully saturated rings. The zero-order chi connectivity index (χ0) is 22.4.